The standard InChI is InChI=1S/C16H20BrN3O5S/c1-15-10-7-9(17)8-18-12(10)25-6-3-11(15)26(23,24)16(4-2-5-16)13(20-15)19-14(21)22/h7-8,11,23-24H,2-6H2,1H3,(H,19,20)(H,21,22)/t11-,15-/m1/s1. The molecule has 0 radical (unpaired) electrons. The molecule has 3 aliphatic rings. The van der Waals surface area contributed by atoms with E-state index < -0.39 is 32.2 Å². The molecule has 4 rings (SSSR count). The summed E-state index contributed by atoms with van der Waals surface area (Å²) in [6, 6.07) is 1.80. The normalized spacial score (nSPS) is 32.0. The molecule has 0 saturated heterocycles. The van der Waals surface area contributed by atoms with Gasteiger partial charge in [0.15, 0.2) is 0 Å². The predicted molar refractivity (Wildman–Crippen MR) is 101 cm³/mol. The molecule has 0 bridgehead atoms. The molecule has 1 fully saturated rings. The third-order valence-electron chi connectivity index (χ3n) is 5.74. The van der Waals surface area contributed by atoms with Crippen molar-refractivity contribution in [3.63, 3.8) is 0 Å². The van der Waals surface area contributed by atoms with Crippen LogP contribution in [-0.4, -0.2) is 47.7 Å². The van der Waals surface area contributed by atoms with Crippen molar-refractivity contribution in [1.29, 1.82) is 0 Å². The van der Waals surface area contributed by atoms with Gasteiger partial charge in [-0.1, -0.05) is 0 Å². The summed E-state index contributed by atoms with van der Waals surface area (Å²) >= 11 is 3.39. The molecule has 4 N–H and O–H groups in total. The van der Waals surface area contributed by atoms with Gasteiger partial charge in [-0.2, -0.15) is 10.6 Å². The zero-order chi connectivity index (χ0) is 18.7. The Balaban J connectivity index is 1.97. The van der Waals surface area contributed by atoms with Crippen molar-refractivity contribution in [2.24, 2.45) is 4.99 Å². The molecule has 1 aromatic rings. The SMILES string of the molecule is C[C@]12N=C(NC(=O)O)C3(CCC3)S(O)(O)[C@@H]1CCOc1ncc(Br)cc12. The number of ether oxygens (including phenoxy) is 1. The molecular weight excluding hydrogens is 426 g/mol. The van der Waals surface area contributed by atoms with Gasteiger partial charge in [-0.15, -0.1) is 0 Å². The summed E-state index contributed by atoms with van der Waals surface area (Å²) < 4.78 is 28.1. The lowest BCUT2D eigenvalue weighted by Gasteiger charge is -2.64. The topological polar surface area (TPSA) is 124 Å². The number of halogens is 1. The van der Waals surface area contributed by atoms with Crippen LogP contribution in [0.3, 0.4) is 0 Å². The first-order chi connectivity index (χ1) is 12.2. The van der Waals surface area contributed by atoms with E-state index in [1.807, 2.05) is 0 Å². The number of amides is 1. The molecule has 2 aliphatic heterocycles. The molecule has 8 nitrogen and oxygen atoms in total. The highest BCUT2D eigenvalue weighted by atomic mass is 79.9. The molecule has 2 atom stereocenters. The van der Waals surface area contributed by atoms with Crippen LogP contribution < -0.4 is 10.1 Å². The van der Waals surface area contributed by atoms with E-state index in [2.05, 4.69) is 26.2 Å². The first-order valence-electron chi connectivity index (χ1n) is 8.36. The molecule has 0 aromatic carbocycles. The molecule has 1 aliphatic carbocycles. The minimum absolute atomic E-state index is 0.142. The van der Waals surface area contributed by atoms with Gasteiger partial charge in [-0.3, -0.25) is 19.4 Å². The number of rotatable bonds is 0. The van der Waals surface area contributed by atoms with E-state index in [4.69, 9.17) is 9.73 Å². The van der Waals surface area contributed by atoms with Crippen LogP contribution in [0.4, 0.5) is 4.79 Å². The average molecular weight is 446 g/mol. The van der Waals surface area contributed by atoms with Crippen molar-refractivity contribution in [3.8, 4) is 5.88 Å². The van der Waals surface area contributed by atoms with E-state index in [9.17, 15) is 19.0 Å². The largest absolute Gasteiger partial charge is 0.477 e. The smallest absolute Gasteiger partial charge is 0.410 e. The number of fused-ring (bicyclic) bond motifs is 3. The van der Waals surface area contributed by atoms with E-state index in [0.29, 0.717) is 41.8 Å². The summed E-state index contributed by atoms with van der Waals surface area (Å²) in [5.74, 6) is 0.527. The fourth-order valence-corrected chi connectivity index (χ4v) is 7.66. The fourth-order valence-electron chi connectivity index (χ4n) is 4.27. The van der Waals surface area contributed by atoms with Gasteiger partial charge in [0.25, 0.3) is 0 Å². The summed E-state index contributed by atoms with van der Waals surface area (Å²) in [7, 11) is -3.20. The number of nitrogens with zero attached hydrogens (tertiary/aromatic N) is 2. The Morgan fingerprint density at radius 3 is 2.81 bits per heavy atom. The van der Waals surface area contributed by atoms with Gasteiger partial charge in [0.2, 0.25) is 5.88 Å². The highest BCUT2D eigenvalue weighted by molar-refractivity contribution is 9.10. The van der Waals surface area contributed by atoms with Crippen molar-refractivity contribution in [1.82, 2.24) is 10.3 Å². The van der Waals surface area contributed by atoms with Crippen LogP contribution in [0.15, 0.2) is 21.7 Å². The summed E-state index contributed by atoms with van der Waals surface area (Å²) in [5, 5.41) is 11.0. The minimum Gasteiger partial charge on any atom is -0.477 e. The number of carboxylic acid groups (broad SMARTS) is 1. The predicted octanol–water partition coefficient (Wildman–Crippen LogP) is 3.56. The van der Waals surface area contributed by atoms with Crippen molar-refractivity contribution < 1.29 is 23.7 Å². The molecule has 142 valence electrons. The summed E-state index contributed by atoms with van der Waals surface area (Å²) in [6.07, 6.45) is 2.57. The maximum absolute atomic E-state index is 11.3. The Morgan fingerprint density at radius 1 is 1.46 bits per heavy atom. The van der Waals surface area contributed by atoms with E-state index in [1.54, 1.807) is 19.2 Å². The number of hydrogen-bond donors (Lipinski definition) is 4. The van der Waals surface area contributed by atoms with E-state index in [1.165, 1.54) is 0 Å². The minimum atomic E-state index is -3.20. The quantitative estimate of drug-likeness (QED) is 0.483. The number of hydrogen-bond acceptors (Lipinski definition) is 6. The molecule has 3 heterocycles. The second kappa shape index (κ2) is 5.82. The van der Waals surface area contributed by atoms with Crippen LogP contribution in [0.1, 0.15) is 38.2 Å². The average Bonchev–Trinajstić information content (AvgIpc) is 2.62. The van der Waals surface area contributed by atoms with E-state index >= 15 is 0 Å². The maximum atomic E-state index is 11.3. The Labute approximate surface area is 160 Å². The molecule has 1 saturated carbocycles. The van der Waals surface area contributed by atoms with Crippen LogP contribution in [0.25, 0.3) is 0 Å². The van der Waals surface area contributed by atoms with E-state index in [0.717, 1.165) is 6.42 Å². The van der Waals surface area contributed by atoms with Crippen molar-refractivity contribution in [3.05, 3.63) is 22.3 Å². The van der Waals surface area contributed by atoms with Crippen molar-refractivity contribution in [2.75, 3.05) is 6.61 Å². The summed E-state index contributed by atoms with van der Waals surface area (Å²) in [6.45, 7) is 2.09. The Kier molecular flexibility index (Phi) is 4.03. The Morgan fingerprint density at radius 2 is 2.19 bits per heavy atom. The first kappa shape index (κ1) is 18.0. The number of aromatic nitrogens is 1. The lowest BCUT2D eigenvalue weighted by molar-refractivity contribution is 0.198. The van der Waals surface area contributed by atoms with Crippen molar-refractivity contribution in [2.45, 2.75) is 48.1 Å². The first-order valence-corrected chi connectivity index (χ1v) is 10.8. The van der Waals surface area contributed by atoms with Gasteiger partial charge in [0, 0.05) is 22.7 Å². The highest BCUT2D eigenvalue weighted by Crippen LogP contribution is 2.71. The number of amidine groups is 1. The monoisotopic (exact) mass is 445 g/mol. The Bertz CT molecular complexity index is 813. The van der Waals surface area contributed by atoms with Gasteiger partial charge >= 0.3 is 6.09 Å². The molecular formula is C16H20BrN3O5S. The second-order valence-corrected chi connectivity index (χ2v) is 10.6. The molecule has 1 amide bonds. The molecule has 10 heteroatoms. The second-order valence-electron chi connectivity index (χ2n) is 7.11. The number of pyridine rings is 1. The number of carbonyl (C=O) groups is 1. The third-order valence-corrected chi connectivity index (χ3v) is 9.42. The number of nitrogens with one attached hydrogen (secondary N) is 1. The van der Waals surface area contributed by atoms with Gasteiger partial charge in [0.05, 0.1) is 11.9 Å². The van der Waals surface area contributed by atoms with Gasteiger partial charge in [-0.05, 0) is 48.2 Å². The van der Waals surface area contributed by atoms with Gasteiger partial charge < -0.3 is 9.84 Å². The van der Waals surface area contributed by atoms with Crippen LogP contribution in [0, 0.1) is 0 Å². The van der Waals surface area contributed by atoms with Crippen LogP contribution in [0.2, 0.25) is 0 Å². The van der Waals surface area contributed by atoms with Crippen LogP contribution in [-0.2, 0) is 5.54 Å². The fraction of sp³-hybridized carbons (Fsp3) is 0.562. The van der Waals surface area contributed by atoms with Crippen molar-refractivity contribution >= 4 is 38.4 Å². The summed E-state index contributed by atoms with van der Waals surface area (Å²) in [5.41, 5.74) is -0.437. The van der Waals surface area contributed by atoms with Crippen LogP contribution >= 0.6 is 26.5 Å². The molecule has 0 unspecified atom stereocenters. The lowest BCUT2D eigenvalue weighted by atomic mass is 9.81. The Hall–Kier alpha value is -1.36. The van der Waals surface area contributed by atoms with Crippen LogP contribution in [0.5, 0.6) is 5.88 Å². The maximum Gasteiger partial charge on any atom is 0.410 e. The zero-order valence-electron chi connectivity index (χ0n) is 14.1. The molecule has 1 spiro atoms. The zero-order valence-corrected chi connectivity index (χ0v) is 16.5. The van der Waals surface area contributed by atoms with E-state index in [-0.39, 0.29) is 5.84 Å². The summed E-state index contributed by atoms with van der Waals surface area (Å²) in [4.78, 5) is 20.4. The van der Waals surface area contributed by atoms with Gasteiger partial charge in [-0.25, -0.2) is 9.78 Å². The highest BCUT2D eigenvalue weighted by Gasteiger charge is 2.64. The number of aliphatic imine (C=N–C) groups is 1. The lowest BCUT2D eigenvalue weighted by Crippen LogP contribution is -2.64. The third kappa shape index (κ3) is 2.32. The molecule has 26 heavy (non-hydrogen) atoms. The molecule has 1 aromatic heterocycles. The van der Waals surface area contributed by atoms with Gasteiger partial charge in [0.1, 0.15) is 16.1 Å².